The third-order valence-corrected chi connectivity index (χ3v) is 4.14. The molecule has 1 aliphatic heterocycles. The largest absolute Gasteiger partial charge is 0.338 e. The van der Waals surface area contributed by atoms with Crippen LogP contribution in [0.15, 0.2) is 15.1 Å². The van der Waals surface area contributed by atoms with Gasteiger partial charge in [-0.05, 0) is 20.8 Å². The van der Waals surface area contributed by atoms with Gasteiger partial charge in [-0.25, -0.2) is 0 Å². The van der Waals surface area contributed by atoms with E-state index < -0.39 is 0 Å². The van der Waals surface area contributed by atoms with Crippen molar-refractivity contribution in [3.05, 3.63) is 23.5 Å². The van der Waals surface area contributed by atoms with E-state index in [4.69, 9.17) is 9.05 Å². The Labute approximate surface area is 140 Å². The molecule has 1 amide bonds. The van der Waals surface area contributed by atoms with E-state index in [2.05, 4.69) is 30.4 Å². The van der Waals surface area contributed by atoms with Crippen molar-refractivity contribution in [2.45, 2.75) is 33.4 Å². The molecule has 0 spiro atoms. The van der Waals surface area contributed by atoms with Gasteiger partial charge in [0.05, 0.1) is 18.3 Å². The van der Waals surface area contributed by atoms with Gasteiger partial charge in [-0.15, -0.1) is 0 Å². The second-order valence-corrected chi connectivity index (χ2v) is 6.05. The highest BCUT2D eigenvalue weighted by molar-refractivity contribution is 5.93. The summed E-state index contributed by atoms with van der Waals surface area (Å²) in [7, 11) is 0. The number of hydrogen-bond acceptors (Lipinski definition) is 8. The van der Waals surface area contributed by atoms with Gasteiger partial charge in [0, 0.05) is 32.2 Å². The Morgan fingerprint density at radius 1 is 1.25 bits per heavy atom. The molecule has 3 heterocycles. The van der Waals surface area contributed by atoms with Gasteiger partial charge >= 0.3 is 0 Å². The Balaban J connectivity index is 1.47. The van der Waals surface area contributed by atoms with E-state index in [0.717, 1.165) is 31.9 Å². The van der Waals surface area contributed by atoms with Crippen molar-refractivity contribution >= 4 is 11.8 Å². The van der Waals surface area contributed by atoms with Gasteiger partial charge in [0.15, 0.2) is 5.82 Å². The molecule has 1 aliphatic rings. The summed E-state index contributed by atoms with van der Waals surface area (Å²) in [6.07, 6.45) is 0. The molecule has 0 radical (unpaired) electrons. The van der Waals surface area contributed by atoms with Gasteiger partial charge < -0.3 is 9.05 Å². The van der Waals surface area contributed by atoms with E-state index in [-0.39, 0.29) is 11.9 Å². The fourth-order valence-electron chi connectivity index (χ4n) is 2.72. The third kappa shape index (κ3) is 3.98. The topological polar surface area (TPSA) is 101 Å². The molecule has 3 rings (SSSR count). The van der Waals surface area contributed by atoms with Gasteiger partial charge in [0.2, 0.25) is 17.7 Å². The minimum absolute atomic E-state index is 0.0906. The number of hydrogen-bond donors (Lipinski definition) is 1. The molecule has 9 nitrogen and oxygen atoms in total. The summed E-state index contributed by atoms with van der Waals surface area (Å²) in [6, 6.07) is 1.47. The first kappa shape index (κ1) is 16.6. The average molecular weight is 334 g/mol. The first-order valence-corrected chi connectivity index (χ1v) is 8.01. The fraction of sp³-hybridized carbons (Fsp3) is 0.600. The fourth-order valence-corrected chi connectivity index (χ4v) is 2.72. The van der Waals surface area contributed by atoms with Crippen molar-refractivity contribution in [2.75, 3.05) is 31.5 Å². The summed E-state index contributed by atoms with van der Waals surface area (Å²) in [4.78, 5) is 20.9. The Morgan fingerprint density at radius 3 is 2.58 bits per heavy atom. The van der Waals surface area contributed by atoms with Crippen LogP contribution in [0.5, 0.6) is 0 Å². The smallest absolute Gasteiger partial charge is 0.243 e. The Morgan fingerprint density at radius 2 is 2.00 bits per heavy atom. The van der Waals surface area contributed by atoms with E-state index in [0.29, 0.717) is 24.1 Å². The number of amides is 1. The molecule has 0 aromatic carbocycles. The number of aromatic nitrogens is 3. The van der Waals surface area contributed by atoms with Gasteiger partial charge in [-0.1, -0.05) is 10.3 Å². The molecule has 9 heteroatoms. The molecule has 2 aromatic rings. The van der Waals surface area contributed by atoms with Crippen LogP contribution < -0.4 is 5.32 Å². The summed E-state index contributed by atoms with van der Waals surface area (Å²) >= 11 is 0. The lowest BCUT2D eigenvalue weighted by molar-refractivity contribution is -0.121. The van der Waals surface area contributed by atoms with Crippen LogP contribution in [0.4, 0.5) is 5.88 Å². The van der Waals surface area contributed by atoms with Crippen LogP contribution in [0, 0.1) is 13.8 Å². The zero-order chi connectivity index (χ0) is 17.1. The molecule has 0 saturated carbocycles. The zero-order valence-electron chi connectivity index (χ0n) is 14.2. The lowest BCUT2D eigenvalue weighted by Gasteiger charge is -2.36. The van der Waals surface area contributed by atoms with E-state index >= 15 is 0 Å². The van der Waals surface area contributed by atoms with E-state index in [1.807, 2.05) is 13.8 Å². The predicted octanol–water partition coefficient (Wildman–Crippen LogP) is 0.819. The van der Waals surface area contributed by atoms with Crippen molar-refractivity contribution in [3.63, 3.8) is 0 Å². The second kappa shape index (κ2) is 7.10. The molecule has 1 fully saturated rings. The third-order valence-electron chi connectivity index (χ3n) is 4.14. The summed E-state index contributed by atoms with van der Waals surface area (Å²) in [6.45, 7) is 9.46. The summed E-state index contributed by atoms with van der Waals surface area (Å²) in [5, 5.41) is 10.3. The number of carbonyl (C=O) groups excluding carboxylic acids is 1. The standard InChI is InChI=1S/C15H22N6O3/c1-10-8-13(23-18-10)17-15(22)11(2)21-6-4-20(5-7-21)9-14-16-12(3)19-24-14/h8,11H,4-7,9H2,1-3H3,(H,17,22). The number of carbonyl (C=O) groups is 1. The highest BCUT2D eigenvalue weighted by Crippen LogP contribution is 2.13. The predicted molar refractivity (Wildman–Crippen MR) is 85.2 cm³/mol. The minimum Gasteiger partial charge on any atom is -0.338 e. The molecule has 1 unspecified atom stereocenters. The van der Waals surface area contributed by atoms with Gasteiger partial charge in [-0.3, -0.25) is 19.9 Å². The lowest BCUT2D eigenvalue weighted by Crippen LogP contribution is -2.52. The van der Waals surface area contributed by atoms with Crippen LogP contribution in [-0.2, 0) is 11.3 Å². The van der Waals surface area contributed by atoms with Gasteiger partial charge in [0.1, 0.15) is 0 Å². The van der Waals surface area contributed by atoms with Crippen molar-refractivity contribution in [3.8, 4) is 0 Å². The Kier molecular flexibility index (Phi) is 4.91. The highest BCUT2D eigenvalue weighted by Gasteiger charge is 2.26. The average Bonchev–Trinajstić information content (AvgIpc) is 3.15. The molecule has 1 N–H and O–H groups in total. The highest BCUT2D eigenvalue weighted by atomic mass is 16.5. The van der Waals surface area contributed by atoms with Crippen LogP contribution in [0.1, 0.15) is 24.3 Å². The zero-order valence-corrected chi connectivity index (χ0v) is 14.2. The van der Waals surface area contributed by atoms with Crippen LogP contribution in [0.25, 0.3) is 0 Å². The molecule has 24 heavy (non-hydrogen) atoms. The Hall–Kier alpha value is -2.26. The SMILES string of the molecule is Cc1cc(NC(=O)C(C)N2CCN(Cc3nc(C)no3)CC2)on1. The summed E-state index contributed by atoms with van der Waals surface area (Å²) < 4.78 is 10.2. The van der Waals surface area contributed by atoms with Crippen LogP contribution in [-0.4, -0.2) is 63.2 Å². The maximum absolute atomic E-state index is 12.3. The van der Waals surface area contributed by atoms with Crippen LogP contribution in [0.2, 0.25) is 0 Å². The van der Waals surface area contributed by atoms with Crippen molar-refractivity contribution in [2.24, 2.45) is 0 Å². The normalized spacial score (nSPS) is 17.8. The Bertz CT molecular complexity index is 689. The quantitative estimate of drug-likeness (QED) is 0.858. The molecule has 2 aromatic heterocycles. The van der Waals surface area contributed by atoms with E-state index in [9.17, 15) is 4.79 Å². The van der Waals surface area contributed by atoms with Crippen LogP contribution in [0.3, 0.4) is 0 Å². The maximum atomic E-state index is 12.3. The molecule has 1 atom stereocenters. The number of anilines is 1. The maximum Gasteiger partial charge on any atom is 0.243 e. The van der Waals surface area contributed by atoms with Crippen LogP contribution >= 0.6 is 0 Å². The molecule has 1 saturated heterocycles. The number of rotatable bonds is 5. The number of aryl methyl sites for hydroxylation is 2. The first-order chi connectivity index (χ1) is 11.5. The van der Waals surface area contributed by atoms with Crippen molar-refractivity contribution in [1.29, 1.82) is 0 Å². The number of piperazine rings is 1. The molecule has 0 aliphatic carbocycles. The van der Waals surface area contributed by atoms with Crippen molar-refractivity contribution in [1.82, 2.24) is 25.1 Å². The van der Waals surface area contributed by atoms with E-state index in [1.165, 1.54) is 0 Å². The minimum atomic E-state index is -0.233. The lowest BCUT2D eigenvalue weighted by atomic mass is 10.2. The molecular weight excluding hydrogens is 312 g/mol. The van der Waals surface area contributed by atoms with Crippen molar-refractivity contribution < 1.29 is 13.8 Å². The molecule has 0 bridgehead atoms. The molecular formula is C15H22N6O3. The van der Waals surface area contributed by atoms with Gasteiger partial charge in [-0.2, -0.15) is 4.98 Å². The van der Waals surface area contributed by atoms with Gasteiger partial charge in [0.25, 0.3) is 0 Å². The van der Waals surface area contributed by atoms with E-state index in [1.54, 1.807) is 13.0 Å². The number of nitrogens with one attached hydrogen (secondary N) is 1. The second-order valence-electron chi connectivity index (χ2n) is 6.05. The molecule has 130 valence electrons. The first-order valence-electron chi connectivity index (χ1n) is 8.01. The summed E-state index contributed by atoms with van der Waals surface area (Å²) in [5.74, 6) is 1.57. The number of nitrogens with zero attached hydrogens (tertiary/aromatic N) is 5. The summed E-state index contributed by atoms with van der Waals surface area (Å²) in [5.41, 5.74) is 0.739. The monoisotopic (exact) mass is 334 g/mol.